The molecule has 13 heavy (non-hydrogen) atoms. The lowest BCUT2D eigenvalue weighted by molar-refractivity contribution is -0.156. The molecular formula is C10H18O3. The Balaban J connectivity index is 4.42. The quantitative estimate of drug-likeness (QED) is 0.629. The van der Waals surface area contributed by atoms with E-state index in [2.05, 4.69) is 0 Å². The molecule has 76 valence electrons. The monoisotopic (exact) mass is 186 g/mol. The van der Waals surface area contributed by atoms with Gasteiger partial charge in [0.1, 0.15) is 0 Å². The smallest absolute Gasteiger partial charge is 0.303 e. The third-order valence-electron chi connectivity index (χ3n) is 1.75. The molecule has 0 aromatic rings. The summed E-state index contributed by atoms with van der Waals surface area (Å²) in [5.74, 6) is -0.455. The zero-order valence-corrected chi connectivity index (χ0v) is 8.96. The average Bonchev–Trinajstić information content (AvgIpc) is 1.97. The van der Waals surface area contributed by atoms with Crippen molar-refractivity contribution >= 4 is 11.8 Å². The van der Waals surface area contributed by atoms with Crippen molar-refractivity contribution in [3.8, 4) is 0 Å². The Morgan fingerprint density at radius 3 is 1.77 bits per heavy atom. The average molecular weight is 186 g/mol. The summed E-state index contributed by atoms with van der Waals surface area (Å²) in [6.07, 6.45) is -0.586. The molecule has 0 rings (SSSR count). The highest BCUT2D eigenvalue weighted by Crippen LogP contribution is 2.12. The molecule has 0 aromatic carbocycles. The van der Waals surface area contributed by atoms with E-state index in [1.165, 1.54) is 6.92 Å². The molecule has 0 aliphatic heterocycles. The largest absolute Gasteiger partial charge is 0.454 e. The van der Waals surface area contributed by atoms with E-state index in [1.807, 2.05) is 13.8 Å². The molecule has 1 atom stereocenters. The standard InChI is InChI=1S/C10H18O3/c1-6(2)9(12)10(7(3)4)13-8(5)11/h6-7,10H,1-5H3. The summed E-state index contributed by atoms with van der Waals surface area (Å²) in [7, 11) is 0. The number of ether oxygens (including phenoxy) is 1. The molecule has 0 bridgehead atoms. The Bertz CT molecular complexity index is 194. The van der Waals surface area contributed by atoms with Crippen LogP contribution in [0.1, 0.15) is 34.6 Å². The summed E-state index contributed by atoms with van der Waals surface area (Å²) in [5, 5.41) is 0. The van der Waals surface area contributed by atoms with Crippen molar-refractivity contribution in [1.29, 1.82) is 0 Å². The van der Waals surface area contributed by atoms with Crippen LogP contribution in [-0.2, 0) is 14.3 Å². The van der Waals surface area contributed by atoms with Crippen LogP contribution in [0.15, 0.2) is 0 Å². The van der Waals surface area contributed by atoms with E-state index in [1.54, 1.807) is 13.8 Å². The lowest BCUT2D eigenvalue weighted by atomic mass is 9.95. The number of rotatable bonds is 4. The Labute approximate surface area is 79.5 Å². The van der Waals surface area contributed by atoms with Crippen LogP contribution in [0.25, 0.3) is 0 Å². The Morgan fingerprint density at radius 1 is 1.08 bits per heavy atom. The van der Waals surface area contributed by atoms with Crippen LogP contribution in [0, 0.1) is 11.8 Å². The van der Waals surface area contributed by atoms with Gasteiger partial charge in [-0.2, -0.15) is 0 Å². The van der Waals surface area contributed by atoms with Crippen LogP contribution < -0.4 is 0 Å². The minimum atomic E-state index is -0.586. The second-order valence-electron chi connectivity index (χ2n) is 3.83. The Hall–Kier alpha value is -0.860. The van der Waals surface area contributed by atoms with Gasteiger partial charge < -0.3 is 4.74 Å². The highest BCUT2D eigenvalue weighted by molar-refractivity contribution is 5.86. The van der Waals surface area contributed by atoms with E-state index < -0.39 is 12.1 Å². The van der Waals surface area contributed by atoms with Crippen molar-refractivity contribution in [3.05, 3.63) is 0 Å². The maximum Gasteiger partial charge on any atom is 0.303 e. The van der Waals surface area contributed by atoms with Gasteiger partial charge in [-0.05, 0) is 5.92 Å². The topological polar surface area (TPSA) is 43.4 Å². The van der Waals surface area contributed by atoms with Crippen molar-refractivity contribution in [1.82, 2.24) is 0 Å². The van der Waals surface area contributed by atoms with E-state index in [0.717, 1.165) is 0 Å². The van der Waals surface area contributed by atoms with Crippen LogP contribution in [0.4, 0.5) is 0 Å². The van der Waals surface area contributed by atoms with Gasteiger partial charge in [0.25, 0.3) is 0 Å². The molecule has 0 aliphatic rings. The molecular weight excluding hydrogens is 168 g/mol. The number of carbonyl (C=O) groups excluding carboxylic acids is 2. The SMILES string of the molecule is CC(=O)OC(C(=O)C(C)C)C(C)C. The van der Waals surface area contributed by atoms with Crippen LogP contribution in [-0.4, -0.2) is 17.9 Å². The van der Waals surface area contributed by atoms with Gasteiger partial charge in [0.15, 0.2) is 11.9 Å². The fourth-order valence-electron chi connectivity index (χ4n) is 1.03. The number of hydrogen-bond donors (Lipinski definition) is 0. The van der Waals surface area contributed by atoms with Crippen molar-refractivity contribution in [2.24, 2.45) is 11.8 Å². The fraction of sp³-hybridized carbons (Fsp3) is 0.800. The zero-order valence-electron chi connectivity index (χ0n) is 8.96. The van der Waals surface area contributed by atoms with Crippen molar-refractivity contribution in [2.75, 3.05) is 0 Å². The first-order chi connectivity index (χ1) is 5.86. The number of carbonyl (C=O) groups is 2. The molecule has 0 saturated carbocycles. The summed E-state index contributed by atoms with van der Waals surface area (Å²) in [5.41, 5.74) is 0. The molecule has 0 fully saturated rings. The molecule has 0 heterocycles. The van der Waals surface area contributed by atoms with Crippen molar-refractivity contribution in [2.45, 2.75) is 40.7 Å². The number of esters is 1. The minimum absolute atomic E-state index is 0.00907. The summed E-state index contributed by atoms with van der Waals surface area (Å²) in [6.45, 7) is 8.67. The molecule has 0 amide bonds. The maximum absolute atomic E-state index is 11.5. The molecule has 0 radical (unpaired) electrons. The lowest BCUT2D eigenvalue weighted by Crippen LogP contribution is -2.34. The second kappa shape index (κ2) is 5.00. The Kier molecular flexibility index (Phi) is 4.67. The van der Waals surface area contributed by atoms with E-state index in [4.69, 9.17) is 4.74 Å². The third-order valence-corrected chi connectivity index (χ3v) is 1.75. The van der Waals surface area contributed by atoms with E-state index >= 15 is 0 Å². The second-order valence-corrected chi connectivity index (χ2v) is 3.83. The van der Waals surface area contributed by atoms with Gasteiger partial charge >= 0.3 is 5.97 Å². The van der Waals surface area contributed by atoms with Crippen molar-refractivity contribution < 1.29 is 14.3 Å². The molecule has 3 nitrogen and oxygen atoms in total. The number of ketones is 1. The van der Waals surface area contributed by atoms with Crippen LogP contribution in [0.5, 0.6) is 0 Å². The van der Waals surface area contributed by atoms with Crippen LogP contribution in [0.3, 0.4) is 0 Å². The van der Waals surface area contributed by atoms with Gasteiger partial charge in [0.2, 0.25) is 0 Å². The molecule has 0 saturated heterocycles. The van der Waals surface area contributed by atoms with Crippen molar-refractivity contribution in [3.63, 3.8) is 0 Å². The first kappa shape index (κ1) is 12.1. The maximum atomic E-state index is 11.5. The minimum Gasteiger partial charge on any atom is -0.454 e. The summed E-state index contributed by atoms with van der Waals surface area (Å²) in [4.78, 5) is 22.3. The van der Waals surface area contributed by atoms with Crippen LogP contribution in [0.2, 0.25) is 0 Å². The first-order valence-electron chi connectivity index (χ1n) is 4.57. The van der Waals surface area contributed by atoms with E-state index in [9.17, 15) is 9.59 Å². The Morgan fingerprint density at radius 2 is 1.54 bits per heavy atom. The summed E-state index contributed by atoms with van der Waals surface area (Å²) < 4.78 is 4.95. The van der Waals surface area contributed by atoms with Crippen LogP contribution >= 0.6 is 0 Å². The van der Waals surface area contributed by atoms with Gasteiger partial charge in [0, 0.05) is 12.8 Å². The first-order valence-corrected chi connectivity index (χ1v) is 4.57. The van der Waals surface area contributed by atoms with Gasteiger partial charge in [-0.25, -0.2) is 0 Å². The summed E-state index contributed by atoms with van der Waals surface area (Å²) in [6, 6.07) is 0. The number of Topliss-reactive ketones (excluding diaryl/α,β-unsaturated/α-hetero) is 1. The fourth-order valence-corrected chi connectivity index (χ4v) is 1.03. The zero-order chi connectivity index (χ0) is 10.6. The highest BCUT2D eigenvalue weighted by atomic mass is 16.5. The molecule has 0 spiro atoms. The number of hydrogen-bond acceptors (Lipinski definition) is 3. The molecule has 1 unspecified atom stereocenters. The highest BCUT2D eigenvalue weighted by Gasteiger charge is 2.26. The van der Waals surface area contributed by atoms with Gasteiger partial charge in [-0.15, -0.1) is 0 Å². The molecule has 3 heteroatoms. The third kappa shape index (κ3) is 4.06. The molecule has 0 aliphatic carbocycles. The summed E-state index contributed by atoms with van der Waals surface area (Å²) >= 11 is 0. The van der Waals surface area contributed by atoms with Gasteiger partial charge in [-0.1, -0.05) is 27.7 Å². The van der Waals surface area contributed by atoms with Gasteiger partial charge in [0.05, 0.1) is 0 Å². The van der Waals surface area contributed by atoms with E-state index in [0.29, 0.717) is 0 Å². The molecule has 0 aromatic heterocycles. The lowest BCUT2D eigenvalue weighted by Gasteiger charge is -2.20. The van der Waals surface area contributed by atoms with Gasteiger partial charge in [-0.3, -0.25) is 9.59 Å². The predicted octanol–water partition coefficient (Wildman–Crippen LogP) is 1.80. The predicted molar refractivity (Wildman–Crippen MR) is 50.2 cm³/mol. The van der Waals surface area contributed by atoms with E-state index in [-0.39, 0.29) is 17.6 Å². The normalized spacial score (nSPS) is 13.2. The molecule has 0 N–H and O–H groups in total.